The average molecular weight is 145 g/mol. The highest BCUT2D eigenvalue weighted by Crippen LogP contribution is 2.20. The van der Waals surface area contributed by atoms with Crippen molar-refractivity contribution in [2.45, 2.75) is 12.2 Å². The number of hydrogen-bond donors (Lipinski definition) is 0. The second-order valence-corrected chi connectivity index (χ2v) is 3.93. The predicted octanol–water partition coefficient (Wildman–Crippen LogP) is 0.580. The van der Waals surface area contributed by atoms with Crippen molar-refractivity contribution in [3.8, 4) is 0 Å². The van der Waals surface area contributed by atoms with E-state index in [1.54, 1.807) is 6.92 Å². The minimum Gasteiger partial charge on any atom is -0.304 e. The van der Waals surface area contributed by atoms with E-state index in [1.165, 1.54) is 11.8 Å². The van der Waals surface area contributed by atoms with Crippen molar-refractivity contribution in [3.63, 3.8) is 0 Å². The molecule has 1 rings (SSSR count). The molecule has 2 nitrogen and oxygen atoms in total. The van der Waals surface area contributed by atoms with Gasteiger partial charge in [0.25, 0.3) is 0 Å². The lowest BCUT2D eigenvalue weighted by atomic mass is 10.2. The minimum absolute atomic E-state index is 0.244. The van der Waals surface area contributed by atoms with Gasteiger partial charge in [-0.2, -0.15) is 0 Å². The third kappa shape index (κ3) is 1.99. The van der Waals surface area contributed by atoms with Crippen molar-refractivity contribution in [2.24, 2.45) is 0 Å². The minimum atomic E-state index is 0.244. The van der Waals surface area contributed by atoms with E-state index in [2.05, 4.69) is 11.9 Å². The van der Waals surface area contributed by atoms with Crippen LogP contribution in [0.25, 0.3) is 0 Å². The SMILES string of the molecule is CC(=O)SC1CN(C)C1. The van der Waals surface area contributed by atoms with E-state index in [0.29, 0.717) is 5.25 Å². The Bertz CT molecular complexity index is 120. The van der Waals surface area contributed by atoms with Crippen molar-refractivity contribution in [2.75, 3.05) is 20.1 Å². The molecule has 0 saturated carbocycles. The number of hydrogen-bond acceptors (Lipinski definition) is 3. The van der Waals surface area contributed by atoms with Crippen molar-refractivity contribution in [1.29, 1.82) is 0 Å². The van der Waals surface area contributed by atoms with Gasteiger partial charge in [-0.1, -0.05) is 11.8 Å². The summed E-state index contributed by atoms with van der Waals surface area (Å²) >= 11 is 1.46. The number of thioether (sulfide) groups is 1. The van der Waals surface area contributed by atoms with E-state index in [9.17, 15) is 4.79 Å². The zero-order valence-electron chi connectivity index (χ0n) is 5.76. The monoisotopic (exact) mass is 145 g/mol. The molecule has 0 bridgehead atoms. The maximum atomic E-state index is 10.5. The number of carbonyl (C=O) groups is 1. The zero-order chi connectivity index (χ0) is 6.85. The summed E-state index contributed by atoms with van der Waals surface area (Å²) in [6.45, 7) is 3.78. The first-order chi connectivity index (χ1) is 4.18. The van der Waals surface area contributed by atoms with Gasteiger partial charge in [0.2, 0.25) is 0 Å². The highest BCUT2D eigenvalue weighted by atomic mass is 32.2. The summed E-state index contributed by atoms with van der Waals surface area (Å²) in [6, 6.07) is 0. The summed E-state index contributed by atoms with van der Waals surface area (Å²) in [5, 5.41) is 0.820. The van der Waals surface area contributed by atoms with E-state index in [1.807, 2.05) is 0 Å². The largest absolute Gasteiger partial charge is 0.304 e. The van der Waals surface area contributed by atoms with Gasteiger partial charge < -0.3 is 4.90 Å². The van der Waals surface area contributed by atoms with Crippen LogP contribution in [0.1, 0.15) is 6.92 Å². The number of likely N-dealkylation sites (tertiary alicyclic amines) is 1. The molecule has 0 spiro atoms. The highest BCUT2D eigenvalue weighted by Gasteiger charge is 2.24. The molecule has 0 unspecified atom stereocenters. The van der Waals surface area contributed by atoms with E-state index in [4.69, 9.17) is 0 Å². The quantitative estimate of drug-likeness (QED) is 0.538. The predicted molar refractivity (Wildman–Crippen MR) is 39.6 cm³/mol. The molecule has 0 radical (unpaired) electrons. The first-order valence-electron chi connectivity index (χ1n) is 3.04. The van der Waals surface area contributed by atoms with E-state index in [0.717, 1.165) is 13.1 Å². The van der Waals surface area contributed by atoms with Crippen LogP contribution in [0.3, 0.4) is 0 Å². The summed E-state index contributed by atoms with van der Waals surface area (Å²) in [7, 11) is 2.07. The van der Waals surface area contributed by atoms with E-state index >= 15 is 0 Å². The maximum absolute atomic E-state index is 10.5. The number of nitrogens with zero attached hydrogens (tertiary/aromatic N) is 1. The van der Waals surface area contributed by atoms with Gasteiger partial charge in [-0.25, -0.2) is 0 Å². The van der Waals surface area contributed by atoms with Gasteiger partial charge in [0.05, 0.1) is 0 Å². The fraction of sp³-hybridized carbons (Fsp3) is 0.833. The van der Waals surface area contributed by atoms with Gasteiger partial charge in [-0.15, -0.1) is 0 Å². The molecule has 1 heterocycles. The lowest BCUT2D eigenvalue weighted by molar-refractivity contribution is -0.109. The third-order valence-electron chi connectivity index (χ3n) is 1.36. The molecule has 1 aliphatic rings. The summed E-state index contributed by atoms with van der Waals surface area (Å²) in [5.41, 5.74) is 0. The van der Waals surface area contributed by atoms with Crippen LogP contribution in [0.4, 0.5) is 0 Å². The topological polar surface area (TPSA) is 20.3 Å². The molecular weight excluding hydrogens is 134 g/mol. The van der Waals surface area contributed by atoms with Crippen LogP contribution in [-0.4, -0.2) is 35.4 Å². The molecule has 1 aliphatic heterocycles. The standard InChI is InChI=1S/C6H11NOS/c1-5(8)9-6-3-7(2)4-6/h6H,3-4H2,1-2H3. The number of carbonyl (C=O) groups excluding carboxylic acids is 1. The first-order valence-corrected chi connectivity index (χ1v) is 3.92. The lowest BCUT2D eigenvalue weighted by Crippen LogP contribution is -2.46. The average Bonchev–Trinajstić information content (AvgIpc) is 1.60. The Kier molecular flexibility index (Phi) is 2.13. The van der Waals surface area contributed by atoms with Crippen molar-refractivity contribution in [3.05, 3.63) is 0 Å². The van der Waals surface area contributed by atoms with Gasteiger partial charge in [-0.05, 0) is 7.05 Å². The Labute approximate surface area is 59.6 Å². The first kappa shape index (κ1) is 7.09. The van der Waals surface area contributed by atoms with Gasteiger partial charge in [-0.3, -0.25) is 4.79 Å². The Hall–Kier alpha value is -0.0200. The Balaban J connectivity index is 2.11. The molecule has 0 aromatic carbocycles. The van der Waals surface area contributed by atoms with Gasteiger partial charge in [0.15, 0.2) is 5.12 Å². The molecule has 3 heteroatoms. The molecular formula is C6H11NOS. The summed E-state index contributed by atoms with van der Waals surface area (Å²) in [4.78, 5) is 12.7. The van der Waals surface area contributed by atoms with Crippen LogP contribution in [0.2, 0.25) is 0 Å². The normalized spacial score (nSPS) is 21.6. The summed E-state index contributed by atoms with van der Waals surface area (Å²) in [6.07, 6.45) is 0. The molecule has 1 saturated heterocycles. The fourth-order valence-corrected chi connectivity index (χ4v) is 2.08. The molecule has 9 heavy (non-hydrogen) atoms. The van der Waals surface area contributed by atoms with Gasteiger partial charge >= 0.3 is 0 Å². The third-order valence-corrected chi connectivity index (χ3v) is 2.33. The Morgan fingerprint density at radius 3 is 2.56 bits per heavy atom. The summed E-state index contributed by atoms with van der Waals surface area (Å²) in [5.74, 6) is 0. The second-order valence-electron chi connectivity index (χ2n) is 2.45. The zero-order valence-corrected chi connectivity index (χ0v) is 6.57. The van der Waals surface area contributed by atoms with Gasteiger partial charge in [0.1, 0.15) is 0 Å². The molecule has 52 valence electrons. The lowest BCUT2D eigenvalue weighted by Gasteiger charge is -2.34. The summed E-state index contributed by atoms with van der Waals surface area (Å²) < 4.78 is 0. The molecule has 0 N–H and O–H groups in total. The molecule has 0 aromatic rings. The van der Waals surface area contributed by atoms with Crippen molar-refractivity contribution < 1.29 is 4.79 Å². The van der Waals surface area contributed by atoms with Crippen LogP contribution < -0.4 is 0 Å². The van der Waals surface area contributed by atoms with E-state index < -0.39 is 0 Å². The number of rotatable bonds is 1. The second kappa shape index (κ2) is 2.71. The molecule has 0 aliphatic carbocycles. The Morgan fingerprint density at radius 1 is 1.67 bits per heavy atom. The van der Waals surface area contributed by atoms with Crippen molar-refractivity contribution in [1.82, 2.24) is 4.90 Å². The van der Waals surface area contributed by atoms with Crippen LogP contribution >= 0.6 is 11.8 Å². The van der Waals surface area contributed by atoms with Crippen LogP contribution in [0.5, 0.6) is 0 Å². The van der Waals surface area contributed by atoms with E-state index in [-0.39, 0.29) is 5.12 Å². The van der Waals surface area contributed by atoms with Crippen LogP contribution in [-0.2, 0) is 4.79 Å². The van der Waals surface area contributed by atoms with Crippen LogP contribution in [0.15, 0.2) is 0 Å². The highest BCUT2D eigenvalue weighted by molar-refractivity contribution is 8.14. The van der Waals surface area contributed by atoms with Crippen molar-refractivity contribution >= 4 is 16.9 Å². The molecule has 0 amide bonds. The molecule has 0 aromatic heterocycles. The maximum Gasteiger partial charge on any atom is 0.186 e. The molecule has 0 atom stereocenters. The Morgan fingerprint density at radius 2 is 2.22 bits per heavy atom. The van der Waals surface area contributed by atoms with Crippen LogP contribution in [0, 0.1) is 0 Å². The molecule has 1 fully saturated rings. The van der Waals surface area contributed by atoms with Gasteiger partial charge in [0, 0.05) is 25.3 Å². The fourth-order valence-electron chi connectivity index (χ4n) is 0.951. The smallest absolute Gasteiger partial charge is 0.186 e.